The van der Waals surface area contributed by atoms with Crippen molar-refractivity contribution in [3.05, 3.63) is 24.3 Å². The van der Waals surface area contributed by atoms with Gasteiger partial charge < -0.3 is 20.7 Å². The monoisotopic (exact) mass is 277 g/mol. The van der Waals surface area contributed by atoms with Crippen LogP contribution in [0.15, 0.2) is 24.3 Å². The molecule has 20 heavy (non-hydrogen) atoms. The van der Waals surface area contributed by atoms with Crippen molar-refractivity contribution in [3.63, 3.8) is 0 Å². The molecule has 1 aromatic carbocycles. The quantitative estimate of drug-likeness (QED) is 0.828. The van der Waals surface area contributed by atoms with Crippen LogP contribution in [-0.4, -0.2) is 38.8 Å². The summed E-state index contributed by atoms with van der Waals surface area (Å²) < 4.78 is 5.10. The van der Waals surface area contributed by atoms with E-state index >= 15 is 0 Å². The number of benzene rings is 1. The topological polar surface area (TPSA) is 67.6 Å². The molecule has 1 saturated heterocycles. The average Bonchev–Trinajstić information content (AvgIpc) is 2.99. The Morgan fingerprint density at radius 3 is 2.55 bits per heavy atom. The minimum absolute atomic E-state index is 0.0729. The first-order valence-corrected chi connectivity index (χ1v) is 7.10. The van der Waals surface area contributed by atoms with Crippen molar-refractivity contribution >= 4 is 17.3 Å². The fraction of sp³-hybridized carbons (Fsp3) is 0.533. The number of rotatable bonds is 6. The number of hydrogen-bond acceptors (Lipinski definition) is 4. The van der Waals surface area contributed by atoms with Crippen LogP contribution in [0.4, 0.5) is 11.4 Å². The number of nitrogens with one attached hydrogen (secondary N) is 1. The molecule has 1 aliphatic heterocycles. The van der Waals surface area contributed by atoms with Gasteiger partial charge in [0.15, 0.2) is 0 Å². The second-order valence-electron chi connectivity index (χ2n) is 5.09. The van der Waals surface area contributed by atoms with Gasteiger partial charge in [-0.2, -0.15) is 0 Å². The first kappa shape index (κ1) is 14.8. The van der Waals surface area contributed by atoms with E-state index < -0.39 is 0 Å². The Bertz CT molecular complexity index is 423. The van der Waals surface area contributed by atoms with Crippen molar-refractivity contribution in [2.24, 2.45) is 5.73 Å². The van der Waals surface area contributed by atoms with Gasteiger partial charge in [0.25, 0.3) is 0 Å². The number of carbonyl (C=O) groups excluding carboxylic acids is 1. The van der Waals surface area contributed by atoms with Crippen LogP contribution in [-0.2, 0) is 9.53 Å². The van der Waals surface area contributed by atoms with Crippen LogP contribution in [0.5, 0.6) is 0 Å². The van der Waals surface area contributed by atoms with Gasteiger partial charge in [0, 0.05) is 38.1 Å². The smallest absolute Gasteiger partial charge is 0.227 e. The molecule has 5 nitrogen and oxygen atoms in total. The molecule has 3 N–H and O–H groups in total. The Morgan fingerprint density at radius 2 is 2.00 bits per heavy atom. The molecule has 0 radical (unpaired) electrons. The van der Waals surface area contributed by atoms with Gasteiger partial charge in [-0.15, -0.1) is 0 Å². The lowest BCUT2D eigenvalue weighted by Gasteiger charge is -2.18. The minimum Gasteiger partial charge on any atom is -0.380 e. The number of hydrogen-bond donors (Lipinski definition) is 2. The predicted molar refractivity (Wildman–Crippen MR) is 81.0 cm³/mol. The third-order valence-corrected chi connectivity index (χ3v) is 3.63. The lowest BCUT2D eigenvalue weighted by atomic mass is 10.2. The van der Waals surface area contributed by atoms with Crippen LogP contribution in [0.1, 0.15) is 19.3 Å². The fourth-order valence-corrected chi connectivity index (χ4v) is 2.41. The number of anilines is 2. The summed E-state index contributed by atoms with van der Waals surface area (Å²) in [5.74, 6) is -0.0729. The Kier molecular flexibility index (Phi) is 5.38. The Morgan fingerprint density at radius 1 is 1.35 bits per heavy atom. The molecule has 0 spiro atoms. The van der Waals surface area contributed by atoms with E-state index in [1.54, 1.807) is 7.11 Å². The summed E-state index contributed by atoms with van der Waals surface area (Å²) >= 11 is 0. The Hall–Kier alpha value is -1.59. The molecule has 1 unspecified atom stereocenters. The summed E-state index contributed by atoms with van der Waals surface area (Å²) in [7, 11) is 1.57. The molecule has 1 aromatic rings. The molecular formula is C15H23N3O2. The fourth-order valence-electron chi connectivity index (χ4n) is 2.41. The highest BCUT2D eigenvalue weighted by Crippen LogP contribution is 2.22. The number of methoxy groups -OCH3 is 1. The number of carbonyl (C=O) groups is 1. The highest BCUT2D eigenvalue weighted by atomic mass is 16.5. The van der Waals surface area contributed by atoms with Gasteiger partial charge in [-0.3, -0.25) is 4.79 Å². The van der Waals surface area contributed by atoms with E-state index in [4.69, 9.17) is 10.5 Å². The van der Waals surface area contributed by atoms with E-state index in [1.165, 1.54) is 18.5 Å². The maximum atomic E-state index is 11.8. The molecule has 2 rings (SSSR count). The van der Waals surface area contributed by atoms with Gasteiger partial charge in [0.2, 0.25) is 5.91 Å². The van der Waals surface area contributed by atoms with Gasteiger partial charge in [-0.25, -0.2) is 0 Å². The molecule has 1 fully saturated rings. The van der Waals surface area contributed by atoms with Gasteiger partial charge in [-0.05, 0) is 37.1 Å². The molecule has 1 heterocycles. The molecular weight excluding hydrogens is 254 g/mol. The van der Waals surface area contributed by atoms with Gasteiger partial charge >= 0.3 is 0 Å². The summed E-state index contributed by atoms with van der Waals surface area (Å²) in [5.41, 5.74) is 7.53. The molecule has 0 aromatic heterocycles. The van der Waals surface area contributed by atoms with Crippen molar-refractivity contribution < 1.29 is 9.53 Å². The summed E-state index contributed by atoms with van der Waals surface area (Å²) in [6.07, 6.45) is 2.58. The van der Waals surface area contributed by atoms with Crippen LogP contribution in [0, 0.1) is 0 Å². The van der Waals surface area contributed by atoms with Crippen LogP contribution in [0.3, 0.4) is 0 Å². The lowest BCUT2D eigenvalue weighted by Crippen LogP contribution is -2.28. The number of nitrogens with two attached hydrogens (primary N) is 1. The van der Waals surface area contributed by atoms with Crippen LogP contribution >= 0.6 is 0 Å². The number of nitrogens with zero attached hydrogens (tertiary/aromatic N) is 1. The van der Waals surface area contributed by atoms with E-state index in [9.17, 15) is 4.79 Å². The maximum Gasteiger partial charge on any atom is 0.227 e. The van der Waals surface area contributed by atoms with Gasteiger partial charge in [0.1, 0.15) is 0 Å². The second-order valence-corrected chi connectivity index (χ2v) is 5.09. The average molecular weight is 277 g/mol. The molecule has 110 valence electrons. The van der Waals surface area contributed by atoms with Crippen LogP contribution < -0.4 is 16.0 Å². The molecule has 5 heteroatoms. The number of amides is 1. The van der Waals surface area contributed by atoms with E-state index in [0.29, 0.717) is 6.54 Å². The van der Waals surface area contributed by atoms with Crippen molar-refractivity contribution in [1.29, 1.82) is 0 Å². The third kappa shape index (κ3) is 3.95. The molecule has 0 bridgehead atoms. The zero-order valence-electron chi connectivity index (χ0n) is 12.0. The first-order valence-electron chi connectivity index (χ1n) is 7.10. The normalized spacial score (nSPS) is 16.2. The summed E-state index contributed by atoms with van der Waals surface area (Å²) in [5, 5.41) is 2.87. The van der Waals surface area contributed by atoms with E-state index in [0.717, 1.165) is 18.8 Å². The summed E-state index contributed by atoms with van der Waals surface area (Å²) in [6.45, 7) is 2.59. The highest BCUT2D eigenvalue weighted by Gasteiger charge is 2.13. The largest absolute Gasteiger partial charge is 0.380 e. The standard InChI is InChI=1S/C15H23N3O2/c1-20-14(11-16)10-15(19)17-12-4-6-13(7-5-12)18-8-2-3-9-18/h4-7,14H,2-3,8-11,16H2,1H3,(H,17,19). The summed E-state index contributed by atoms with van der Waals surface area (Å²) in [6, 6.07) is 7.99. The SMILES string of the molecule is COC(CN)CC(=O)Nc1ccc(N2CCCC2)cc1. The molecule has 0 saturated carbocycles. The van der Waals surface area contributed by atoms with Crippen molar-refractivity contribution in [2.45, 2.75) is 25.4 Å². The number of ether oxygens (including phenoxy) is 1. The highest BCUT2D eigenvalue weighted by molar-refractivity contribution is 5.91. The first-order chi connectivity index (χ1) is 9.72. The van der Waals surface area contributed by atoms with Gasteiger partial charge in [0.05, 0.1) is 12.5 Å². The van der Waals surface area contributed by atoms with Crippen molar-refractivity contribution in [3.8, 4) is 0 Å². The molecule has 1 amide bonds. The zero-order chi connectivity index (χ0) is 14.4. The Balaban J connectivity index is 1.88. The summed E-state index contributed by atoms with van der Waals surface area (Å²) in [4.78, 5) is 14.2. The van der Waals surface area contributed by atoms with Crippen molar-refractivity contribution in [1.82, 2.24) is 0 Å². The van der Waals surface area contributed by atoms with Gasteiger partial charge in [-0.1, -0.05) is 0 Å². The second kappa shape index (κ2) is 7.26. The maximum absolute atomic E-state index is 11.8. The van der Waals surface area contributed by atoms with Crippen molar-refractivity contribution in [2.75, 3.05) is 37.0 Å². The lowest BCUT2D eigenvalue weighted by molar-refractivity contribution is -0.118. The van der Waals surface area contributed by atoms with Crippen LogP contribution in [0.25, 0.3) is 0 Å². The van der Waals surface area contributed by atoms with E-state index in [1.807, 2.05) is 12.1 Å². The zero-order valence-corrected chi connectivity index (χ0v) is 12.0. The molecule has 1 atom stereocenters. The molecule has 0 aliphatic carbocycles. The van der Waals surface area contributed by atoms with E-state index in [-0.39, 0.29) is 18.4 Å². The molecule has 1 aliphatic rings. The van der Waals surface area contributed by atoms with E-state index in [2.05, 4.69) is 22.3 Å². The third-order valence-electron chi connectivity index (χ3n) is 3.63. The Labute approximate surface area is 120 Å². The van der Waals surface area contributed by atoms with Crippen LogP contribution in [0.2, 0.25) is 0 Å². The predicted octanol–water partition coefficient (Wildman–Crippen LogP) is 1.59. The minimum atomic E-state index is -0.223.